The van der Waals surface area contributed by atoms with Crippen LogP contribution < -0.4 is 10.2 Å². The molecular weight excluding hydrogens is 380 g/mol. The van der Waals surface area contributed by atoms with Gasteiger partial charge in [0, 0.05) is 26.7 Å². The van der Waals surface area contributed by atoms with Crippen LogP contribution in [0, 0.1) is 19.8 Å². The maximum atomic E-state index is 12.6. The van der Waals surface area contributed by atoms with Gasteiger partial charge in [0.1, 0.15) is 5.52 Å². The van der Waals surface area contributed by atoms with Crippen molar-refractivity contribution < 1.29 is 9.53 Å². The van der Waals surface area contributed by atoms with Crippen LogP contribution in [0.5, 0.6) is 0 Å². The molecule has 1 atom stereocenters. The van der Waals surface area contributed by atoms with E-state index in [0.29, 0.717) is 19.7 Å². The molecule has 0 saturated carbocycles. The number of carbonyl (C=O) groups excluding carboxylic acids is 1. The van der Waals surface area contributed by atoms with Gasteiger partial charge in [-0.25, -0.2) is 4.68 Å². The first-order chi connectivity index (χ1) is 14.6. The Morgan fingerprint density at radius 3 is 2.80 bits per heavy atom. The number of fused-ring (bicyclic) bond motifs is 1. The second-order valence-corrected chi connectivity index (χ2v) is 7.73. The number of anilines is 1. The normalized spacial score (nSPS) is 16.8. The standard InChI is InChI=1S/C22H28N6O2/c1-15-19-16(2)28(18-9-5-4-6-10-18)26-20(19)21(25-24-15)27-12-7-8-17(14-27)22(29)23-11-13-30-3/h4-6,9-10,17H,7-8,11-14H2,1-3H3,(H,23,29). The third kappa shape index (κ3) is 3.87. The minimum Gasteiger partial charge on any atom is -0.383 e. The van der Waals surface area contributed by atoms with Crippen molar-refractivity contribution in [3.05, 3.63) is 41.7 Å². The monoisotopic (exact) mass is 408 g/mol. The third-order valence-corrected chi connectivity index (χ3v) is 5.68. The highest BCUT2D eigenvalue weighted by molar-refractivity contribution is 5.92. The van der Waals surface area contributed by atoms with Crippen molar-refractivity contribution in [2.24, 2.45) is 5.92 Å². The van der Waals surface area contributed by atoms with Gasteiger partial charge in [-0.05, 0) is 38.8 Å². The Balaban J connectivity index is 1.66. The van der Waals surface area contributed by atoms with E-state index < -0.39 is 0 Å². The van der Waals surface area contributed by atoms with Gasteiger partial charge in [-0.15, -0.1) is 5.10 Å². The molecule has 0 aliphatic carbocycles. The molecular formula is C22H28N6O2. The largest absolute Gasteiger partial charge is 0.383 e. The predicted molar refractivity (Wildman–Crippen MR) is 116 cm³/mol. The zero-order valence-corrected chi connectivity index (χ0v) is 17.8. The molecule has 1 N–H and O–H groups in total. The average Bonchev–Trinajstić information content (AvgIpc) is 3.13. The fourth-order valence-electron chi connectivity index (χ4n) is 4.15. The minimum absolute atomic E-state index is 0.0686. The molecule has 1 aliphatic rings. The lowest BCUT2D eigenvalue weighted by Gasteiger charge is -2.32. The number of benzene rings is 1. The van der Waals surface area contributed by atoms with Gasteiger partial charge in [-0.2, -0.15) is 10.2 Å². The number of aryl methyl sites for hydroxylation is 2. The topological polar surface area (TPSA) is 85.2 Å². The number of rotatable bonds is 6. The van der Waals surface area contributed by atoms with Gasteiger partial charge in [0.05, 0.1) is 35.0 Å². The van der Waals surface area contributed by atoms with Crippen molar-refractivity contribution in [2.45, 2.75) is 26.7 Å². The summed E-state index contributed by atoms with van der Waals surface area (Å²) in [6, 6.07) is 10.1. The van der Waals surface area contributed by atoms with Crippen LogP contribution in [0.1, 0.15) is 24.2 Å². The van der Waals surface area contributed by atoms with Crippen LogP contribution in [-0.4, -0.2) is 59.2 Å². The van der Waals surface area contributed by atoms with Gasteiger partial charge >= 0.3 is 0 Å². The molecule has 2 aromatic heterocycles. The number of hydrogen-bond donors (Lipinski definition) is 1. The molecule has 0 spiro atoms. The van der Waals surface area contributed by atoms with Crippen molar-refractivity contribution in [1.29, 1.82) is 0 Å². The first-order valence-corrected chi connectivity index (χ1v) is 10.4. The van der Waals surface area contributed by atoms with Crippen molar-refractivity contribution in [2.75, 3.05) is 38.3 Å². The highest BCUT2D eigenvalue weighted by Crippen LogP contribution is 2.31. The van der Waals surface area contributed by atoms with Crippen LogP contribution in [0.15, 0.2) is 30.3 Å². The highest BCUT2D eigenvalue weighted by Gasteiger charge is 2.29. The number of piperidine rings is 1. The quantitative estimate of drug-likeness (QED) is 0.631. The van der Waals surface area contributed by atoms with Crippen molar-refractivity contribution >= 4 is 22.6 Å². The molecule has 158 valence electrons. The smallest absolute Gasteiger partial charge is 0.224 e. The number of nitrogens with zero attached hydrogens (tertiary/aromatic N) is 5. The van der Waals surface area contributed by atoms with Crippen molar-refractivity contribution in [1.82, 2.24) is 25.3 Å². The van der Waals surface area contributed by atoms with Crippen LogP contribution >= 0.6 is 0 Å². The molecule has 8 nitrogen and oxygen atoms in total. The zero-order valence-electron chi connectivity index (χ0n) is 17.8. The third-order valence-electron chi connectivity index (χ3n) is 5.68. The summed E-state index contributed by atoms with van der Waals surface area (Å²) in [4.78, 5) is 14.7. The number of amides is 1. The molecule has 1 aliphatic heterocycles. The van der Waals surface area contributed by atoms with E-state index in [1.54, 1.807) is 7.11 Å². The lowest BCUT2D eigenvalue weighted by atomic mass is 9.97. The lowest BCUT2D eigenvalue weighted by molar-refractivity contribution is -0.125. The lowest BCUT2D eigenvalue weighted by Crippen LogP contribution is -2.44. The molecule has 30 heavy (non-hydrogen) atoms. The van der Waals surface area contributed by atoms with E-state index in [9.17, 15) is 4.79 Å². The molecule has 0 radical (unpaired) electrons. The van der Waals surface area contributed by atoms with E-state index in [0.717, 1.165) is 53.2 Å². The van der Waals surface area contributed by atoms with E-state index in [2.05, 4.69) is 27.3 Å². The second kappa shape index (κ2) is 8.79. The fourth-order valence-corrected chi connectivity index (χ4v) is 4.15. The summed E-state index contributed by atoms with van der Waals surface area (Å²) in [5.74, 6) is 0.743. The van der Waals surface area contributed by atoms with Crippen molar-refractivity contribution in [3.8, 4) is 5.69 Å². The summed E-state index contributed by atoms with van der Waals surface area (Å²) in [6.07, 6.45) is 1.80. The van der Waals surface area contributed by atoms with Gasteiger partial charge in [-0.3, -0.25) is 4.79 Å². The van der Waals surface area contributed by atoms with E-state index in [1.165, 1.54) is 0 Å². The molecule has 4 rings (SSSR count). The van der Waals surface area contributed by atoms with Crippen molar-refractivity contribution in [3.63, 3.8) is 0 Å². The van der Waals surface area contributed by atoms with Gasteiger partial charge in [0.2, 0.25) is 5.91 Å². The highest BCUT2D eigenvalue weighted by atomic mass is 16.5. The first-order valence-electron chi connectivity index (χ1n) is 10.4. The van der Waals surface area contributed by atoms with Crippen LogP contribution in [0.3, 0.4) is 0 Å². The van der Waals surface area contributed by atoms with Crippen LogP contribution in [0.2, 0.25) is 0 Å². The Morgan fingerprint density at radius 2 is 2.03 bits per heavy atom. The Bertz CT molecular complexity index is 1030. The number of ether oxygens (including phenoxy) is 1. The maximum absolute atomic E-state index is 12.6. The second-order valence-electron chi connectivity index (χ2n) is 7.73. The molecule has 1 saturated heterocycles. The molecule has 8 heteroatoms. The Hall–Kier alpha value is -3.00. The number of carbonyl (C=O) groups is 1. The summed E-state index contributed by atoms with van der Waals surface area (Å²) >= 11 is 0. The molecule has 3 heterocycles. The zero-order chi connectivity index (χ0) is 21.1. The summed E-state index contributed by atoms with van der Waals surface area (Å²) in [6.45, 7) is 6.52. The van der Waals surface area contributed by atoms with Gasteiger partial charge in [0.15, 0.2) is 5.82 Å². The SMILES string of the molecule is COCCNC(=O)C1CCCN(c2nnc(C)c3c(C)n(-c4ccccc4)nc23)C1. The summed E-state index contributed by atoms with van der Waals surface area (Å²) in [5.41, 5.74) is 3.74. The summed E-state index contributed by atoms with van der Waals surface area (Å²) < 4.78 is 6.97. The number of nitrogens with one attached hydrogen (secondary N) is 1. The number of para-hydroxylation sites is 1. The van der Waals surface area contributed by atoms with Gasteiger partial charge in [0.25, 0.3) is 0 Å². The Morgan fingerprint density at radius 1 is 1.23 bits per heavy atom. The molecule has 3 aromatic rings. The van der Waals surface area contributed by atoms with Gasteiger partial charge < -0.3 is 15.0 Å². The Kier molecular flexibility index (Phi) is 5.94. The van der Waals surface area contributed by atoms with Gasteiger partial charge in [-0.1, -0.05) is 18.2 Å². The molecule has 0 bridgehead atoms. The van der Waals surface area contributed by atoms with Crippen LogP contribution in [0.25, 0.3) is 16.6 Å². The van der Waals surface area contributed by atoms with Crippen LogP contribution in [-0.2, 0) is 9.53 Å². The Labute approximate surface area is 176 Å². The molecule has 1 amide bonds. The van der Waals surface area contributed by atoms with Crippen LogP contribution in [0.4, 0.5) is 5.82 Å². The van der Waals surface area contributed by atoms with E-state index in [1.807, 2.05) is 41.9 Å². The summed E-state index contributed by atoms with van der Waals surface area (Å²) in [7, 11) is 1.63. The van der Waals surface area contributed by atoms with E-state index in [-0.39, 0.29) is 11.8 Å². The first kappa shape index (κ1) is 20.3. The number of hydrogen-bond acceptors (Lipinski definition) is 6. The number of aromatic nitrogens is 4. The predicted octanol–water partition coefficient (Wildman–Crippen LogP) is 2.41. The summed E-state index contributed by atoms with van der Waals surface area (Å²) in [5, 5.41) is 17.8. The minimum atomic E-state index is -0.0777. The fraction of sp³-hybridized carbons (Fsp3) is 0.455. The van der Waals surface area contributed by atoms with E-state index in [4.69, 9.17) is 9.84 Å². The molecule has 1 unspecified atom stereocenters. The van der Waals surface area contributed by atoms with E-state index >= 15 is 0 Å². The maximum Gasteiger partial charge on any atom is 0.224 e. The molecule has 1 fully saturated rings. The number of methoxy groups -OCH3 is 1. The average molecular weight is 409 g/mol. The molecule has 1 aromatic carbocycles.